The van der Waals surface area contributed by atoms with Crippen molar-refractivity contribution in [3.05, 3.63) is 0 Å². The van der Waals surface area contributed by atoms with Gasteiger partial charge in [0, 0.05) is 19.5 Å². The smallest absolute Gasteiger partial charge is 0.225 e. The Hall–Kier alpha value is -1.08. The number of nitrogens with zero attached hydrogens (tertiary/aromatic N) is 2. The second kappa shape index (κ2) is 4.63. The minimum absolute atomic E-state index is 0.0694. The largest absolute Gasteiger partial charge is 0.346 e. The molecule has 0 aromatic carbocycles. The maximum atomic E-state index is 11.8. The molecule has 0 unspecified atom stereocenters. The molecule has 2 N–H and O–H groups in total. The van der Waals surface area contributed by atoms with Crippen LogP contribution < -0.4 is 5.73 Å². The molecule has 0 bridgehead atoms. The number of rotatable bonds is 2. The van der Waals surface area contributed by atoms with E-state index in [0.717, 1.165) is 19.4 Å². The Labute approximate surface area is 91.0 Å². The number of hydrogen-bond donors (Lipinski definition) is 1. The van der Waals surface area contributed by atoms with Crippen LogP contribution in [0.4, 0.5) is 0 Å². The van der Waals surface area contributed by atoms with Crippen molar-refractivity contribution in [3.63, 3.8) is 0 Å². The first-order valence-electron chi connectivity index (χ1n) is 5.47. The zero-order valence-corrected chi connectivity index (χ0v) is 9.49. The molecule has 0 heterocycles. The lowest BCUT2D eigenvalue weighted by Crippen LogP contribution is -2.45. The van der Waals surface area contributed by atoms with E-state index in [2.05, 4.69) is 6.07 Å². The molecule has 15 heavy (non-hydrogen) atoms. The first-order valence-corrected chi connectivity index (χ1v) is 5.47. The predicted molar refractivity (Wildman–Crippen MR) is 57.8 cm³/mol. The van der Waals surface area contributed by atoms with Gasteiger partial charge >= 0.3 is 0 Å². The summed E-state index contributed by atoms with van der Waals surface area (Å²) in [4.78, 5) is 13.6. The van der Waals surface area contributed by atoms with Gasteiger partial charge in [0.1, 0.15) is 5.54 Å². The summed E-state index contributed by atoms with van der Waals surface area (Å²) in [6.45, 7) is 2.70. The summed E-state index contributed by atoms with van der Waals surface area (Å²) in [6, 6.07) is 2.14. The summed E-state index contributed by atoms with van der Waals surface area (Å²) < 4.78 is 0. The van der Waals surface area contributed by atoms with E-state index >= 15 is 0 Å². The van der Waals surface area contributed by atoms with Crippen molar-refractivity contribution in [2.24, 2.45) is 11.7 Å². The predicted octanol–water partition coefficient (Wildman–Crippen LogP) is 0.876. The fraction of sp³-hybridized carbons (Fsp3) is 0.818. The molecule has 84 valence electrons. The molecule has 0 spiro atoms. The summed E-state index contributed by atoms with van der Waals surface area (Å²) in [5, 5.41) is 8.86. The lowest BCUT2D eigenvalue weighted by Gasteiger charge is -2.32. The zero-order valence-electron chi connectivity index (χ0n) is 9.49. The summed E-state index contributed by atoms with van der Waals surface area (Å²) >= 11 is 0. The van der Waals surface area contributed by atoms with E-state index in [9.17, 15) is 4.79 Å². The summed E-state index contributed by atoms with van der Waals surface area (Å²) in [6.07, 6.45) is 2.76. The molecule has 1 aliphatic rings. The van der Waals surface area contributed by atoms with Gasteiger partial charge in [-0.15, -0.1) is 0 Å². The standard InChI is InChI=1S/C11H19N3O/c1-3-14(2)10(15)9-4-6-11(13,8-12)7-5-9/h9H,3-7,13H2,1-2H3. The third-order valence-corrected chi connectivity index (χ3v) is 3.30. The van der Waals surface area contributed by atoms with Crippen LogP contribution in [-0.2, 0) is 4.79 Å². The van der Waals surface area contributed by atoms with E-state index in [1.165, 1.54) is 0 Å². The van der Waals surface area contributed by atoms with Crippen LogP contribution in [0.25, 0.3) is 0 Å². The first kappa shape index (κ1) is 12.0. The molecule has 1 fully saturated rings. The summed E-state index contributed by atoms with van der Waals surface area (Å²) in [7, 11) is 1.82. The average Bonchev–Trinajstić information content (AvgIpc) is 2.28. The van der Waals surface area contributed by atoms with Crippen molar-refractivity contribution < 1.29 is 4.79 Å². The zero-order chi connectivity index (χ0) is 11.5. The Morgan fingerprint density at radius 3 is 2.53 bits per heavy atom. The topological polar surface area (TPSA) is 70.1 Å². The minimum atomic E-state index is -0.693. The third kappa shape index (κ3) is 2.69. The first-order chi connectivity index (χ1) is 7.02. The Morgan fingerprint density at radius 1 is 1.60 bits per heavy atom. The Kier molecular flexibility index (Phi) is 3.70. The van der Waals surface area contributed by atoms with Crippen molar-refractivity contribution in [3.8, 4) is 6.07 Å². The molecular weight excluding hydrogens is 190 g/mol. The van der Waals surface area contributed by atoms with Crippen LogP contribution in [0, 0.1) is 17.2 Å². The third-order valence-electron chi connectivity index (χ3n) is 3.30. The van der Waals surface area contributed by atoms with Crippen LogP contribution in [0.15, 0.2) is 0 Å². The number of nitriles is 1. The molecule has 4 nitrogen and oxygen atoms in total. The highest BCUT2D eigenvalue weighted by Gasteiger charge is 2.35. The van der Waals surface area contributed by atoms with Crippen LogP contribution in [0.1, 0.15) is 32.6 Å². The number of carbonyl (C=O) groups is 1. The van der Waals surface area contributed by atoms with Gasteiger partial charge in [0.25, 0.3) is 0 Å². The van der Waals surface area contributed by atoms with Crippen LogP contribution in [0.3, 0.4) is 0 Å². The highest BCUT2D eigenvalue weighted by Crippen LogP contribution is 2.30. The van der Waals surface area contributed by atoms with Crippen LogP contribution >= 0.6 is 0 Å². The van der Waals surface area contributed by atoms with Crippen molar-refractivity contribution >= 4 is 5.91 Å². The lowest BCUT2D eigenvalue weighted by molar-refractivity contribution is -0.135. The van der Waals surface area contributed by atoms with Gasteiger partial charge in [0.05, 0.1) is 6.07 Å². The Bertz CT molecular complexity index is 274. The van der Waals surface area contributed by atoms with Gasteiger partial charge in [-0.1, -0.05) is 0 Å². The van der Waals surface area contributed by atoms with Crippen LogP contribution in [-0.4, -0.2) is 29.9 Å². The van der Waals surface area contributed by atoms with E-state index in [4.69, 9.17) is 11.0 Å². The van der Waals surface area contributed by atoms with E-state index < -0.39 is 5.54 Å². The number of hydrogen-bond acceptors (Lipinski definition) is 3. The molecule has 1 amide bonds. The number of amides is 1. The second-order valence-corrected chi connectivity index (χ2v) is 4.39. The van der Waals surface area contributed by atoms with E-state index in [1.807, 2.05) is 14.0 Å². The molecule has 0 aromatic rings. The summed E-state index contributed by atoms with van der Waals surface area (Å²) in [5.41, 5.74) is 5.15. The highest BCUT2D eigenvalue weighted by atomic mass is 16.2. The molecule has 0 saturated heterocycles. The molecular formula is C11H19N3O. The molecule has 0 aliphatic heterocycles. The van der Waals surface area contributed by atoms with Gasteiger partial charge < -0.3 is 10.6 Å². The summed E-state index contributed by atoms with van der Waals surface area (Å²) in [5.74, 6) is 0.262. The normalized spacial score (nSPS) is 30.7. The van der Waals surface area contributed by atoms with E-state index in [-0.39, 0.29) is 11.8 Å². The fourth-order valence-corrected chi connectivity index (χ4v) is 1.96. The van der Waals surface area contributed by atoms with Crippen LogP contribution in [0.5, 0.6) is 0 Å². The Balaban J connectivity index is 2.52. The van der Waals surface area contributed by atoms with Crippen molar-refractivity contribution in [2.45, 2.75) is 38.1 Å². The number of carbonyl (C=O) groups excluding carboxylic acids is 1. The van der Waals surface area contributed by atoms with Crippen molar-refractivity contribution in [1.29, 1.82) is 5.26 Å². The van der Waals surface area contributed by atoms with Gasteiger partial charge in [-0.3, -0.25) is 4.79 Å². The monoisotopic (exact) mass is 209 g/mol. The molecule has 1 aliphatic carbocycles. The molecule has 0 radical (unpaired) electrons. The molecule has 0 atom stereocenters. The van der Waals surface area contributed by atoms with Gasteiger partial charge in [0.2, 0.25) is 5.91 Å². The average molecular weight is 209 g/mol. The van der Waals surface area contributed by atoms with Crippen molar-refractivity contribution in [1.82, 2.24) is 4.90 Å². The van der Waals surface area contributed by atoms with Crippen LogP contribution in [0.2, 0.25) is 0 Å². The van der Waals surface area contributed by atoms with Gasteiger partial charge in [-0.05, 0) is 32.6 Å². The van der Waals surface area contributed by atoms with Gasteiger partial charge in [-0.25, -0.2) is 0 Å². The van der Waals surface area contributed by atoms with E-state index in [1.54, 1.807) is 4.90 Å². The molecule has 4 heteroatoms. The van der Waals surface area contributed by atoms with Gasteiger partial charge in [0.15, 0.2) is 0 Å². The molecule has 1 rings (SSSR count). The maximum absolute atomic E-state index is 11.8. The fourth-order valence-electron chi connectivity index (χ4n) is 1.96. The Morgan fingerprint density at radius 2 is 2.13 bits per heavy atom. The maximum Gasteiger partial charge on any atom is 0.225 e. The SMILES string of the molecule is CCN(C)C(=O)C1CCC(N)(C#N)CC1. The highest BCUT2D eigenvalue weighted by molar-refractivity contribution is 5.78. The second-order valence-electron chi connectivity index (χ2n) is 4.39. The van der Waals surface area contributed by atoms with Gasteiger partial charge in [-0.2, -0.15) is 5.26 Å². The minimum Gasteiger partial charge on any atom is -0.346 e. The molecule has 1 saturated carbocycles. The van der Waals surface area contributed by atoms with E-state index in [0.29, 0.717) is 12.8 Å². The lowest BCUT2D eigenvalue weighted by atomic mass is 9.77. The van der Waals surface area contributed by atoms with Crippen molar-refractivity contribution in [2.75, 3.05) is 13.6 Å². The molecule has 0 aromatic heterocycles. The quantitative estimate of drug-likeness (QED) is 0.733. The number of nitrogens with two attached hydrogens (primary N) is 1.